The fourth-order valence-electron chi connectivity index (χ4n) is 4.43. The first-order chi connectivity index (χ1) is 16.8. The van der Waals surface area contributed by atoms with Crippen molar-refractivity contribution >= 4 is 11.9 Å². The summed E-state index contributed by atoms with van der Waals surface area (Å²) < 4.78 is 5.47. The van der Waals surface area contributed by atoms with Crippen molar-refractivity contribution in [3.8, 4) is 0 Å². The topological polar surface area (TPSA) is 131 Å². The molecule has 0 aromatic heterocycles. The molecule has 9 heteroatoms. The van der Waals surface area contributed by atoms with Crippen molar-refractivity contribution in [2.24, 2.45) is 0 Å². The molecule has 2 aliphatic heterocycles. The highest BCUT2D eigenvalue weighted by Crippen LogP contribution is 2.34. The number of ether oxygens (including phenoxy) is 1. The first-order valence-electron chi connectivity index (χ1n) is 11.7. The summed E-state index contributed by atoms with van der Waals surface area (Å²) in [5, 5.41) is 32.5. The number of rotatable bonds is 6. The number of nitrogens with zero attached hydrogens (tertiary/aromatic N) is 2. The van der Waals surface area contributed by atoms with Crippen LogP contribution in [0.15, 0.2) is 48.5 Å². The predicted molar refractivity (Wildman–Crippen MR) is 129 cm³/mol. The molecule has 9 nitrogen and oxygen atoms in total. The van der Waals surface area contributed by atoms with Crippen LogP contribution in [0, 0.1) is 0 Å². The molecule has 0 amide bonds. The Morgan fingerprint density at radius 1 is 0.971 bits per heavy atom. The Morgan fingerprint density at radius 3 is 2.20 bits per heavy atom. The fraction of sp³-hybridized carbons (Fsp3) is 0.462. The molecule has 1 unspecified atom stereocenters. The normalized spacial score (nSPS) is 20.5. The van der Waals surface area contributed by atoms with Crippen LogP contribution in [0.4, 0.5) is 0 Å². The first kappa shape index (κ1) is 26.8. The monoisotopic (exact) mass is 486 g/mol. The van der Waals surface area contributed by atoms with Gasteiger partial charge in [0.15, 0.2) is 12.2 Å². The third-order valence-electron chi connectivity index (χ3n) is 6.34. The van der Waals surface area contributed by atoms with Crippen LogP contribution in [0.5, 0.6) is 0 Å². The van der Waals surface area contributed by atoms with Gasteiger partial charge in [-0.15, -0.1) is 0 Å². The standard InChI is InChI=1S/C22H28N2O.C4H6O6/c1-23-10-9-22(19-5-3-2-4-6-19)21-8-7-18(15-20(21)17-23)16-24-11-13-25-14-12-24;5-1(3(7)8)2(6)4(9)10/h2-8,15,22H,9-14,16-17H2,1H3;1-2,5-6H,(H,7,8)(H,9,10)/t;1-,2-/m.1/s1. The summed E-state index contributed by atoms with van der Waals surface area (Å²) in [4.78, 5) is 24.5. The lowest BCUT2D eigenvalue weighted by molar-refractivity contribution is -0.165. The highest BCUT2D eigenvalue weighted by Gasteiger charge is 2.29. The van der Waals surface area contributed by atoms with Gasteiger partial charge >= 0.3 is 11.9 Å². The van der Waals surface area contributed by atoms with Crippen molar-refractivity contribution in [2.45, 2.75) is 37.6 Å². The molecule has 4 rings (SSSR count). The van der Waals surface area contributed by atoms with Gasteiger partial charge in [0.2, 0.25) is 0 Å². The van der Waals surface area contributed by atoms with Gasteiger partial charge in [-0.2, -0.15) is 0 Å². The average molecular weight is 487 g/mol. The molecule has 1 saturated heterocycles. The number of carboxylic acid groups (broad SMARTS) is 2. The predicted octanol–water partition coefficient (Wildman–Crippen LogP) is 1.36. The SMILES string of the molecule is CN1CCC(c2ccccc2)c2ccc(CN3CCOCC3)cc2C1.O=C(O)[C@H](O)[C@@H](O)C(=O)O. The Kier molecular flexibility index (Phi) is 9.76. The maximum atomic E-state index is 9.77. The molecule has 190 valence electrons. The molecular formula is C26H34N2O7. The van der Waals surface area contributed by atoms with Gasteiger partial charge in [-0.1, -0.05) is 48.5 Å². The highest BCUT2D eigenvalue weighted by molar-refractivity contribution is 5.83. The minimum absolute atomic E-state index is 0.513. The number of hydrogen-bond acceptors (Lipinski definition) is 7. The van der Waals surface area contributed by atoms with Crippen molar-refractivity contribution < 1.29 is 34.8 Å². The Labute approximate surface area is 205 Å². The lowest BCUT2D eigenvalue weighted by Crippen LogP contribution is -2.39. The van der Waals surface area contributed by atoms with Gasteiger partial charge in [0.25, 0.3) is 0 Å². The number of carbonyl (C=O) groups is 2. The second-order valence-electron chi connectivity index (χ2n) is 8.98. The number of aliphatic hydroxyl groups is 2. The number of benzene rings is 2. The van der Waals surface area contributed by atoms with E-state index in [4.69, 9.17) is 25.2 Å². The molecule has 2 aromatic rings. The quantitative estimate of drug-likeness (QED) is 0.478. The highest BCUT2D eigenvalue weighted by atomic mass is 16.5. The molecule has 35 heavy (non-hydrogen) atoms. The summed E-state index contributed by atoms with van der Waals surface area (Å²) in [7, 11) is 2.24. The van der Waals surface area contributed by atoms with E-state index < -0.39 is 24.1 Å². The van der Waals surface area contributed by atoms with Gasteiger partial charge in [0, 0.05) is 32.1 Å². The largest absolute Gasteiger partial charge is 0.479 e. The number of carboxylic acids is 2. The van der Waals surface area contributed by atoms with Crippen LogP contribution >= 0.6 is 0 Å². The first-order valence-corrected chi connectivity index (χ1v) is 11.7. The molecule has 2 aromatic carbocycles. The molecule has 0 spiro atoms. The Balaban J connectivity index is 0.000000292. The second kappa shape index (κ2) is 12.8. The molecule has 0 saturated carbocycles. The summed E-state index contributed by atoms with van der Waals surface area (Å²) in [6.45, 7) is 7.06. The van der Waals surface area contributed by atoms with E-state index in [1.807, 2.05) is 0 Å². The fourth-order valence-corrected chi connectivity index (χ4v) is 4.43. The Hall–Kier alpha value is -2.82. The number of hydrogen-bond donors (Lipinski definition) is 4. The molecule has 0 aliphatic carbocycles. The minimum Gasteiger partial charge on any atom is -0.479 e. The van der Waals surface area contributed by atoms with E-state index in [1.165, 1.54) is 28.7 Å². The summed E-state index contributed by atoms with van der Waals surface area (Å²) in [5.41, 5.74) is 5.89. The summed E-state index contributed by atoms with van der Waals surface area (Å²) in [5.74, 6) is -3.02. The van der Waals surface area contributed by atoms with Crippen molar-refractivity contribution in [1.29, 1.82) is 0 Å². The molecule has 1 fully saturated rings. The zero-order valence-electron chi connectivity index (χ0n) is 19.9. The number of morpholine rings is 1. The third kappa shape index (κ3) is 7.58. The van der Waals surface area contributed by atoms with E-state index in [9.17, 15) is 9.59 Å². The van der Waals surface area contributed by atoms with Gasteiger partial charge in [-0.25, -0.2) is 9.59 Å². The lowest BCUT2D eigenvalue weighted by atomic mass is 9.86. The summed E-state index contributed by atoms with van der Waals surface area (Å²) in [6.07, 6.45) is -3.34. The third-order valence-corrected chi connectivity index (χ3v) is 6.34. The van der Waals surface area contributed by atoms with E-state index in [0.717, 1.165) is 45.9 Å². The minimum atomic E-state index is -2.27. The van der Waals surface area contributed by atoms with Gasteiger partial charge in [-0.3, -0.25) is 4.90 Å². The number of aliphatic carboxylic acids is 2. The van der Waals surface area contributed by atoms with E-state index in [-0.39, 0.29) is 0 Å². The van der Waals surface area contributed by atoms with Gasteiger partial charge in [-0.05, 0) is 42.3 Å². The number of aliphatic hydroxyl groups excluding tert-OH is 2. The van der Waals surface area contributed by atoms with E-state index in [2.05, 4.69) is 65.4 Å². The van der Waals surface area contributed by atoms with Crippen molar-refractivity contribution in [2.75, 3.05) is 39.9 Å². The van der Waals surface area contributed by atoms with Crippen molar-refractivity contribution in [3.63, 3.8) is 0 Å². The molecular weight excluding hydrogens is 452 g/mol. The van der Waals surface area contributed by atoms with Crippen LogP contribution in [0.25, 0.3) is 0 Å². The van der Waals surface area contributed by atoms with Crippen LogP contribution in [-0.2, 0) is 27.4 Å². The summed E-state index contributed by atoms with van der Waals surface area (Å²) in [6, 6.07) is 18.2. The van der Waals surface area contributed by atoms with Crippen molar-refractivity contribution in [3.05, 3.63) is 70.8 Å². The Morgan fingerprint density at radius 2 is 1.60 bits per heavy atom. The summed E-state index contributed by atoms with van der Waals surface area (Å²) >= 11 is 0. The van der Waals surface area contributed by atoms with Gasteiger partial charge < -0.3 is 30.1 Å². The van der Waals surface area contributed by atoms with E-state index in [0.29, 0.717) is 5.92 Å². The van der Waals surface area contributed by atoms with E-state index in [1.54, 1.807) is 0 Å². The van der Waals surface area contributed by atoms with Crippen LogP contribution in [0.2, 0.25) is 0 Å². The smallest absolute Gasteiger partial charge is 0.335 e. The van der Waals surface area contributed by atoms with Crippen LogP contribution < -0.4 is 0 Å². The van der Waals surface area contributed by atoms with Gasteiger partial charge in [0.1, 0.15) is 0 Å². The zero-order valence-corrected chi connectivity index (χ0v) is 19.9. The van der Waals surface area contributed by atoms with Crippen LogP contribution in [0.3, 0.4) is 0 Å². The molecule has 3 atom stereocenters. The maximum Gasteiger partial charge on any atom is 0.335 e. The lowest BCUT2D eigenvalue weighted by Gasteiger charge is -2.27. The van der Waals surface area contributed by atoms with Crippen LogP contribution in [0.1, 0.15) is 34.6 Å². The van der Waals surface area contributed by atoms with Gasteiger partial charge in [0.05, 0.1) is 13.2 Å². The number of fused-ring (bicyclic) bond motifs is 1. The molecule has 0 radical (unpaired) electrons. The molecule has 0 bridgehead atoms. The maximum absolute atomic E-state index is 9.77. The van der Waals surface area contributed by atoms with E-state index >= 15 is 0 Å². The average Bonchev–Trinajstić information content (AvgIpc) is 3.02. The second-order valence-corrected chi connectivity index (χ2v) is 8.98. The zero-order chi connectivity index (χ0) is 25.4. The molecule has 2 aliphatic rings. The van der Waals surface area contributed by atoms with Crippen LogP contribution in [-0.4, -0.2) is 94.3 Å². The molecule has 4 N–H and O–H groups in total. The Bertz CT molecular complexity index is 961. The molecule has 2 heterocycles. The van der Waals surface area contributed by atoms with Crippen molar-refractivity contribution in [1.82, 2.24) is 9.80 Å².